The van der Waals surface area contributed by atoms with Gasteiger partial charge in [0.15, 0.2) is 0 Å². The number of benzene rings is 2. The van der Waals surface area contributed by atoms with E-state index < -0.39 is 0 Å². The number of rotatable bonds is 7. The number of hydrogen-bond acceptors (Lipinski definition) is 5. The molecule has 0 unspecified atom stereocenters. The topological polar surface area (TPSA) is 47.0 Å². The lowest BCUT2D eigenvalue weighted by atomic mass is 10.1. The molecule has 142 valence electrons. The fourth-order valence-corrected chi connectivity index (χ4v) is 4.14. The molecular formula is C23H23N3OS. The third-order valence-corrected chi connectivity index (χ3v) is 5.69. The quantitative estimate of drug-likeness (QED) is 0.394. The average molecular weight is 390 g/mol. The first kappa shape index (κ1) is 18.4. The number of hydrogen-bond donors (Lipinski definition) is 1. The predicted molar refractivity (Wildman–Crippen MR) is 118 cm³/mol. The lowest BCUT2D eigenvalue weighted by Crippen LogP contribution is -1.96. The monoisotopic (exact) mass is 389 g/mol. The molecule has 0 aliphatic carbocycles. The van der Waals surface area contributed by atoms with E-state index in [9.17, 15) is 0 Å². The van der Waals surface area contributed by atoms with Gasteiger partial charge in [0.2, 0.25) is 0 Å². The van der Waals surface area contributed by atoms with Crippen LogP contribution >= 0.6 is 11.3 Å². The predicted octanol–water partition coefficient (Wildman–Crippen LogP) is 6.45. The van der Waals surface area contributed by atoms with E-state index in [2.05, 4.69) is 64.0 Å². The molecule has 28 heavy (non-hydrogen) atoms. The Morgan fingerprint density at radius 2 is 1.79 bits per heavy atom. The second kappa shape index (κ2) is 8.40. The summed E-state index contributed by atoms with van der Waals surface area (Å²) in [4.78, 5) is 9.95. The first-order valence-electron chi connectivity index (χ1n) is 9.51. The van der Waals surface area contributed by atoms with Crippen molar-refractivity contribution in [1.29, 1.82) is 0 Å². The van der Waals surface area contributed by atoms with E-state index in [1.165, 1.54) is 18.4 Å². The van der Waals surface area contributed by atoms with Gasteiger partial charge in [0.25, 0.3) is 0 Å². The van der Waals surface area contributed by atoms with Crippen molar-refractivity contribution in [3.63, 3.8) is 0 Å². The van der Waals surface area contributed by atoms with E-state index in [0.29, 0.717) is 0 Å². The van der Waals surface area contributed by atoms with Crippen LogP contribution in [-0.4, -0.2) is 17.1 Å². The number of aromatic nitrogens is 2. The molecule has 2 aromatic heterocycles. The zero-order valence-electron chi connectivity index (χ0n) is 16.1. The largest absolute Gasteiger partial charge is 0.497 e. The van der Waals surface area contributed by atoms with Crippen LogP contribution in [0, 0.1) is 0 Å². The molecule has 0 fully saturated rings. The van der Waals surface area contributed by atoms with E-state index in [1.807, 2.05) is 12.1 Å². The van der Waals surface area contributed by atoms with Gasteiger partial charge in [0.1, 0.15) is 22.7 Å². The van der Waals surface area contributed by atoms with Gasteiger partial charge in [-0.3, -0.25) is 0 Å². The molecule has 2 heterocycles. The Morgan fingerprint density at radius 1 is 1.00 bits per heavy atom. The summed E-state index contributed by atoms with van der Waals surface area (Å²) in [5.41, 5.74) is 4.66. The molecule has 4 nitrogen and oxygen atoms in total. The minimum Gasteiger partial charge on any atom is -0.497 e. The summed E-state index contributed by atoms with van der Waals surface area (Å²) >= 11 is 1.63. The first-order valence-corrected chi connectivity index (χ1v) is 10.4. The van der Waals surface area contributed by atoms with Crippen molar-refractivity contribution in [1.82, 2.24) is 9.97 Å². The van der Waals surface area contributed by atoms with Crippen LogP contribution in [0.2, 0.25) is 0 Å². The van der Waals surface area contributed by atoms with Gasteiger partial charge < -0.3 is 10.1 Å². The summed E-state index contributed by atoms with van der Waals surface area (Å²) in [6, 6.07) is 16.7. The standard InChI is InChI=1S/C23H23N3OS/c1-3-4-5-16-6-10-18(11-7-16)26-22-21-20(14-28-23(21)25-15-24-22)17-8-12-19(27-2)13-9-17/h6-15H,3-5H2,1-2H3,(H,24,25,26). The third-order valence-electron chi connectivity index (χ3n) is 4.81. The van der Waals surface area contributed by atoms with Gasteiger partial charge in [-0.05, 0) is 48.2 Å². The second-order valence-electron chi connectivity index (χ2n) is 6.71. The Bertz CT molecular complexity index is 1060. The van der Waals surface area contributed by atoms with Crippen LogP contribution in [0.25, 0.3) is 21.3 Å². The molecule has 0 bridgehead atoms. The molecule has 1 N–H and O–H groups in total. The van der Waals surface area contributed by atoms with Crippen LogP contribution in [0.5, 0.6) is 5.75 Å². The second-order valence-corrected chi connectivity index (χ2v) is 7.56. The highest BCUT2D eigenvalue weighted by Gasteiger charge is 2.13. The van der Waals surface area contributed by atoms with Crippen LogP contribution in [-0.2, 0) is 6.42 Å². The highest BCUT2D eigenvalue weighted by atomic mass is 32.1. The average Bonchev–Trinajstić information content (AvgIpc) is 3.18. The number of anilines is 2. The molecule has 4 aromatic rings. The molecule has 0 aliphatic rings. The molecule has 0 aliphatic heterocycles. The minimum absolute atomic E-state index is 0.832. The molecule has 0 atom stereocenters. The maximum absolute atomic E-state index is 5.28. The number of nitrogens with zero attached hydrogens (tertiary/aromatic N) is 2. The zero-order valence-corrected chi connectivity index (χ0v) is 16.9. The van der Waals surface area contributed by atoms with Crippen molar-refractivity contribution in [3.8, 4) is 16.9 Å². The molecule has 0 saturated carbocycles. The number of thiophene rings is 1. The normalized spacial score (nSPS) is 10.9. The van der Waals surface area contributed by atoms with Gasteiger partial charge in [-0.25, -0.2) is 9.97 Å². The summed E-state index contributed by atoms with van der Waals surface area (Å²) < 4.78 is 5.28. The number of nitrogens with one attached hydrogen (secondary N) is 1. The third kappa shape index (κ3) is 3.85. The van der Waals surface area contributed by atoms with Crippen molar-refractivity contribution in [2.75, 3.05) is 12.4 Å². The molecule has 5 heteroatoms. The van der Waals surface area contributed by atoms with Crippen molar-refractivity contribution < 1.29 is 4.74 Å². The maximum atomic E-state index is 5.28. The zero-order chi connectivity index (χ0) is 19.3. The lowest BCUT2D eigenvalue weighted by Gasteiger charge is -2.10. The number of ether oxygens (including phenoxy) is 1. The first-order chi connectivity index (χ1) is 13.8. The van der Waals surface area contributed by atoms with Crippen molar-refractivity contribution in [2.24, 2.45) is 0 Å². The van der Waals surface area contributed by atoms with Gasteiger partial charge in [0.05, 0.1) is 12.5 Å². The number of unbranched alkanes of at least 4 members (excludes halogenated alkanes) is 1. The maximum Gasteiger partial charge on any atom is 0.143 e. The van der Waals surface area contributed by atoms with E-state index >= 15 is 0 Å². The van der Waals surface area contributed by atoms with Crippen LogP contribution in [0.1, 0.15) is 25.3 Å². The molecule has 2 aromatic carbocycles. The van der Waals surface area contributed by atoms with Crippen LogP contribution in [0.4, 0.5) is 11.5 Å². The van der Waals surface area contributed by atoms with Gasteiger partial charge in [-0.2, -0.15) is 0 Å². The van der Waals surface area contributed by atoms with Gasteiger partial charge >= 0.3 is 0 Å². The molecule has 4 rings (SSSR count). The van der Waals surface area contributed by atoms with E-state index in [-0.39, 0.29) is 0 Å². The van der Waals surface area contributed by atoms with E-state index in [4.69, 9.17) is 4.74 Å². The highest BCUT2D eigenvalue weighted by Crippen LogP contribution is 2.37. The van der Waals surface area contributed by atoms with Gasteiger partial charge in [0, 0.05) is 16.6 Å². The summed E-state index contributed by atoms with van der Waals surface area (Å²) in [5, 5.41) is 6.67. The number of fused-ring (bicyclic) bond motifs is 1. The summed E-state index contributed by atoms with van der Waals surface area (Å²) in [7, 11) is 1.68. The summed E-state index contributed by atoms with van der Waals surface area (Å²) in [6.07, 6.45) is 5.18. The fourth-order valence-electron chi connectivity index (χ4n) is 3.23. The van der Waals surface area contributed by atoms with Crippen LogP contribution < -0.4 is 10.1 Å². The SMILES string of the molecule is CCCCc1ccc(Nc2ncnc3scc(-c4ccc(OC)cc4)c23)cc1. The smallest absolute Gasteiger partial charge is 0.143 e. The molecule has 0 amide bonds. The summed E-state index contributed by atoms with van der Waals surface area (Å²) in [5.74, 6) is 1.68. The fraction of sp³-hybridized carbons (Fsp3) is 0.217. The van der Waals surface area contributed by atoms with Crippen LogP contribution in [0.15, 0.2) is 60.2 Å². The van der Waals surface area contributed by atoms with Crippen molar-refractivity contribution in [2.45, 2.75) is 26.2 Å². The van der Waals surface area contributed by atoms with Crippen molar-refractivity contribution >= 4 is 33.1 Å². The highest BCUT2D eigenvalue weighted by molar-refractivity contribution is 7.17. The van der Waals surface area contributed by atoms with E-state index in [0.717, 1.165) is 45.0 Å². The number of methoxy groups -OCH3 is 1. The molecule has 0 radical (unpaired) electrons. The Balaban J connectivity index is 1.66. The Hall–Kier alpha value is -2.92. The Kier molecular flexibility index (Phi) is 5.53. The Morgan fingerprint density at radius 3 is 2.50 bits per heavy atom. The molecule has 0 saturated heterocycles. The summed E-state index contributed by atoms with van der Waals surface area (Å²) in [6.45, 7) is 2.22. The molecular weight excluding hydrogens is 366 g/mol. The van der Waals surface area contributed by atoms with Gasteiger partial charge in [-0.1, -0.05) is 37.6 Å². The van der Waals surface area contributed by atoms with Gasteiger partial charge in [-0.15, -0.1) is 11.3 Å². The molecule has 0 spiro atoms. The van der Waals surface area contributed by atoms with Crippen molar-refractivity contribution in [3.05, 3.63) is 65.8 Å². The Labute approximate surface area is 169 Å². The van der Waals surface area contributed by atoms with Crippen LogP contribution in [0.3, 0.4) is 0 Å². The minimum atomic E-state index is 0.832. The lowest BCUT2D eigenvalue weighted by molar-refractivity contribution is 0.415. The van der Waals surface area contributed by atoms with E-state index in [1.54, 1.807) is 24.8 Å². The number of aryl methyl sites for hydroxylation is 1.